The van der Waals surface area contributed by atoms with Crippen molar-refractivity contribution in [1.29, 1.82) is 0 Å². The lowest BCUT2D eigenvalue weighted by atomic mass is 10.3. The first kappa shape index (κ1) is 14.6. The molecule has 3 aromatic rings. The minimum Gasteiger partial charge on any atom is -0.264 e. The third kappa shape index (κ3) is 4.34. The van der Waals surface area contributed by atoms with Crippen molar-refractivity contribution in [1.82, 2.24) is 20.2 Å². The average Bonchev–Trinajstić information content (AvgIpc) is 3.03. The summed E-state index contributed by atoms with van der Waals surface area (Å²) in [6.07, 6.45) is 8.77. The SMILES string of the molecule is C(=N\Nc1nnc(SCc2cccnc2)s1)/c1cccnc1. The van der Waals surface area contributed by atoms with Crippen molar-refractivity contribution in [2.75, 3.05) is 5.43 Å². The number of hydrazone groups is 1. The second kappa shape index (κ2) is 7.62. The van der Waals surface area contributed by atoms with Crippen LogP contribution in [0, 0.1) is 0 Å². The number of hydrogen-bond donors (Lipinski definition) is 1. The Morgan fingerprint density at radius 3 is 2.77 bits per heavy atom. The van der Waals surface area contributed by atoms with E-state index in [0.717, 1.165) is 21.2 Å². The highest BCUT2D eigenvalue weighted by atomic mass is 32.2. The van der Waals surface area contributed by atoms with E-state index in [-0.39, 0.29) is 0 Å². The molecule has 22 heavy (non-hydrogen) atoms. The van der Waals surface area contributed by atoms with Crippen molar-refractivity contribution in [3.63, 3.8) is 0 Å². The summed E-state index contributed by atoms with van der Waals surface area (Å²) in [5, 5.41) is 12.9. The van der Waals surface area contributed by atoms with E-state index < -0.39 is 0 Å². The highest BCUT2D eigenvalue weighted by Gasteiger charge is 2.04. The Kier molecular flexibility index (Phi) is 5.06. The van der Waals surface area contributed by atoms with Crippen LogP contribution < -0.4 is 5.43 Å². The van der Waals surface area contributed by atoms with Gasteiger partial charge in [0.15, 0.2) is 4.34 Å². The van der Waals surface area contributed by atoms with Crippen molar-refractivity contribution >= 4 is 34.4 Å². The lowest BCUT2D eigenvalue weighted by Gasteiger charge is -1.96. The molecule has 1 N–H and O–H groups in total. The van der Waals surface area contributed by atoms with E-state index in [1.54, 1.807) is 36.6 Å². The third-order valence-electron chi connectivity index (χ3n) is 2.55. The highest BCUT2D eigenvalue weighted by Crippen LogP contribution is 2.27. The highest BCUT2D eigenvalue weighted by molar-refractivity contribution is 8.00. The van der Waals surface area contributed by atoms with Gasteiger partial charge in [-0.25, -0.2) is 0 Å². The van der Waals surface area contributed by atoms with Crippen LogP contribution in [0.15, 0.2) is 58.5 Å². The summed E-state index contributed by atoms with van der Waals surface area (Å²) < 4.78 is 0.892. The van der Waals surface area contributed by atoms with E-state index in [1.807, 2.05) is 30.5 Å². The fourth-order valence-electron chi connectivity index (χ4n) is 1.56. The number of nitrogens with zero attached hydrogens (tertiary/aromatic N) is 5. The molecule has 3 rings (SSSR count). The summed E-state index contributed by atoms with van der Waals surface area (Å²) in [4.78, 5) is 8.10. The zero-order valence-corrected chi connectivity index (χ0v) is 13.1. The minimum absolute atomic E-state index is 0.661. The maximum Gasteiger partial charge on any atom is 0.226 e. The van der Waals surface area contributed by atoms with Crippen molar-refractivity contribution in [2.45, 2.75) is 10.1 Å². The molecule has 0 aromatic carbocycles. The van der Waals surface area contributed by atoms with Gasteiger partial charge in [0.05, 0.1) is 6.21 Å². The van der Waals surface area contributed by atoms with Crippen molar-refractivity contribution in [3.05, 3.63) is 60.2 Å². The van der Waals surface area contributed by atoms with Gasteiger partial charge in [-0.15, -0.1) is 10.2 Å². The molecule has 0 aliphatic heterocycles. The van der Waals surface area contributed by atoms with Crippen molar-refractivity contribution < 1.29 is 0 Å². The number of aromatic nitrogens is 4. The van der Waals surface area contributed by atoms with E-state index in [1.165, 1.54) is 11.3 Å². The van der Waals surface area contributed by atoms with E-state index in [2.05, 4.69) is 30.7 Å². The molecule has 0 atom stereocenters. The van der Waals surface area contributed by atoms with Gasteiger partial charge >= 0.3 is 0 Å². The van der Waals surface area contributed by atoms with Gasteiger partial charge in [0, 0.05) is 36.1 Å². The summed E-state index contributed by atoms with van der Waals surface area (Å²) in [5.74, 6) is 0.821. The van der Waals surface area contributed by atoms with E-state index in [4.69, 9.17) is 0 Å². The number of nitrogens with one attached hydrogen (secondary N) is 1. The monoisotopic (exact) mass is 328 g/mol. The number of hydrogen-bond acceptors (Lipinski definition) is 8. The molecule has 110 valence electrons. The quantitative estimate of drug-likeness (QED) is 0.426. The molecule has 0 bridgehead atoms. The van der Waals surface area contributed by atoms with Crippen LogP contribution in [0.2, 0.25) is 0 Å². The van der Waals surface area contributed by atoms with Crippen LogP contribution in [-0.4, -0.2) is 26.4 Å². The maximum absolute atomic E-state index is 4.12. The molecule has 3 aromatic heterocycles. The molecule has 8 heteroatoms. The van der Waals surface area contributed by atoms with E-state index >= 15 is 0 Å². The van der Waals surface area contributed by atoms with Gasteiger partial charge in [0.1, 0.15) is 0 Å². The summed E-state index contributed by atoms with van der Waals surface area (Å²) in [5.41, 5.74) is 4.95. The summed E-state index contributed by atoms with van der Waals surface area (Å²) in [7, 11) is 0. The number of anilines is 1. The predicted octanol–water partition coefficient (Wildman–Crippen LogP) is 3.07. The lowest BCUT2D eigenvalue weighted by molar-refractivity contribution is 1.01. The summed E-state index contributed by atoms with van der Waals surface area (Å²) >= 11 is 3.09. The van der Waals surface area contributed by atoms with Crippen LogP contribution in [0.5, 0.6) is 0 Å². The Balaban J connectivity index is 1.52. The van der Waals surface area contributed by atoms with Gasteiger partial charge in [-0.3, -0.25) is 15.4 Å². The third-order valence-corrected chi connectivity index (χ3v) is 4.58. The normalized spacial score (nSPS) is 10.9. The first-order chi connectivity index (χ1) is 10.9. The molecule has 0 saturated carbocycles. The summed E-state index contributed by atoms with van der Waals surface area (Å²) in [6.45, 7) is 0. The second-order valence-corrected chi connectivity index (χ2v) is 6.38. The Labute approximate surface area is 135 Å². The number of pyridine rings is 2. The molecule has 0 radical (unpaired) electrons. The molecule has 0 spiro atoms. The molecule has 6 nitrogen and oxygen atoms in total. The molecule has 0 amide bonds. The standard InChI is InChI=1S/C14H12N6S2/c1-3-11(7-15-5-1)9-17-18-13-19-20-14(22-13)21-10-12-4-2-6-16-8-12/h1-9H,10H2,(H,18,19)/b17-9+. The van der Waals surface area contributed by atoms with E-state index in [0.29, 0.717) is 5.13 Å². The number of thioether (sulfide) groups is 1. The molecule has 0 aliphatic carbocycles. The summed E-state index contributed by atoms with van der Waals surface area (Å²) in [6, 6.07) is 7.75. The van der Waals surface area contributed by atoms with Gasteiger partial charge in [0.25, 0.3) is 0 Å². The first-order valence-corrected chi connectivity index (χ1v) is 8.25. The largest absolute Gasteiger partial charge is 0.264 e. The van der Waals surface area contributed by atoms with Gasteiger partial charge in [0.2, 0.25) is 5.13 Å². The van der Waals surface area contributed by atoms with Crippen LogP contribution in [0.1, 0.15) is 11.1 Å². The van der Waals surface area contributed by atoms with Crippen LogP contribution in [0.3, 0.4) is 0 Å². The van der Waals surface area contributed by atoms with Crippen LogP contribution in [0.25, 0.3) is 0 Å². The van der Waals surface area contributed by atoms with Gasteiger partial charge < -0.3 is 0 Å². The smallest absolute Gasteiger partial charge is 0.226 e. The molecule has 0 unspecified atom stereocenters. The number of rotatable bonds is 6. The zero-order chi connectivity index (χ0) is 15.0. The predicted molar refractivity (Wildman–Crippen MR) is 89.2 cm³/mol. The molecule has 0 fully saturated rings. The van der Waals surface area contributed by atoms with Crippen molar-refractivity contribution in [3.8, 4) is 0 Å². The Bertz CT molecular complexity index is 729. The fourth-order valence-corrected chi connectivity index (χ4v) is 3.19. The molecule has 0 aliphatic rings. The van der Waals surface area contributed by atoms with Crippen LogP contribution >= 0.6 is 23.1 Å². The van der Waals surface area contributed by atoms with E-state index in [9.17, 15) is 0 Å². The Hall–Kier alpha value is -2.32. The van der Waals surface area contributed by atoms with Gasteiger partial charge in [-0.1, -0.05) is 35.2 Å². The van der Waals surface area contributed by atoms with Crippen LogP contribution in [-0.2, 0) is 5.75 Å². The minimum atomic E-state index is 0.661. The second-order valence-electron chi connectivity index (χ2n) is 4.18. The first-order valence-electron chi connectivity index (χ1n) is 6.44. The molecule has 0 saturated heterocycles. The molecular weight excluding hydrogens is 316 g/mol. The maximum atomic E-state index is 4.12. The zero-order valence-electron chi connectivity index (χ0n) is 11.5. The van der Waals surface area contributed by atoms with Crippen molar-refractivity contribution in [2.24, 2.45) is 5.10 Å². The lowest BCUT2D eigenvalue weighted by Crippen LogP contribution is -1.90. The molecular formula is C14H12N6S2. The Morgan fingerprint density at radius 1 is 1.14 bits per heavy atom. The Morgan fingerprint density at radius 2 is 2.00 bits per heavy atom. The molecule has 3 heterocycles. The fraction of sp³-hybridized carbons (Fsp3) is 0.0714. The average molecular weight is 328 g/mol. The van der Waals surface area contributed by atoms with Crippen LogP contribution in [0.4, 0.5) is 5.13 Å². The topological polar surface area (TPSA) is 76.0 Å². The van der Waals surface area contributed by atoms with Gasteiger partial charge in [-0.2, -0.15) is 5.10 Å². The van der Waals surface area contributed by atoms with Gasteiger partial charge in [-0.05, 0) is 17.7 Å².